The number of aromatic nitrogens is 4. The molecule has 0 saturated carbocycles. The highest BCUT2D eigenvalue weighted by Gasteiger charge is 2.12. The number of aldehydes is 1. The maximum absolute atomic E-state index is 10.9. The van der Waals surface area contributed by atoms with Gasteiger partial charge in [-0.3, -0.25) is 4.79 Å². The molecule has 0 aliphatic carbocycles. The number of imidazole rings is 1. The van der Waals surface area contributed by atoms with Crippen LogP contribution in [-0.2, 0) is 6.54 Å². The summed E-state index contributed by atoms with van der Waals surface area (Å²) in [7, 11) is 3.75. The summed E-state index contributed by atoms with van der Waals surface area (Å²) >= 11 is 0. The number of carbonyl (C=O) groups excluding carboxylic acids is 1. The number of hydrogen-bond acceptors (Lipinski definition) is 5. The van der Waals surface area contributed by atoms with E-state index in [1.54, 1.807) is 6.20 Å². The smallest absolute Gasteiger partial charge is 0.226 e. The van der Waals surface area contributed by atoms with Crippen molar-refractivity contribution in [1.29, 1.82) is 0 Å². The normalized spacial score (nSPS) is 10.8. The molecular formula is C11H15N5O. The summed E-state index contributed by atoms with van der Waals surface area (Å²) in [5, 5.41) is 0. The van der Waals surface area contributed by atoms with Gasteiger partial charge in [-0.15, -0.1) is 0 Å². The second kappa shape index (κ2) is 4.48. The Morgan fingerprint density at radius 2 is 2.18 bits per heavy atom. The lowest BCUT2D eigenvalue weighted by Gasteiger charge is -2.09. The van der Waals surface area contributed by atoms with Crippen LogP contribution in [0.15, 0.2) is 6.20 Å². The SMILES string of the molecule is CCCn1c(C=O)nc2cnc(N(C)C)nc21. The predicted octanol–water partition coefficient (Wildman–Crippen LogP) is 1.11. The zero-order valence-corrected chi connectivity index (χ0v) is 10.2. The van der Waals surface area contributed by atoms with Crippen LogP contribution < -0.4 is 4.90 Å². The molecule has 2 aromatic rings. The number of fused-ring (bicyclic) bond motifs is 1. The molecule has 0 aliphatic heterocycles. The van der Waals surface area contributed by atoms with E-state index >= 15 is 0 Å². The summed E-state index contributed by atoms with van der Waals surface area (Å²) in [4.78, 5) is 25.6. The van der Waals surface area contributed by atoms with Crippen LogP contribution in [0.1, 0.15) is 24.0 Å². The number of hydrogen-bond donors (Lipinski definition) is 0. The van der Waals surface area contributed by atoms with E-state index in [1.165, 1.54) is 0 Å². The molecule has 6 heteroatoms. The third-order valence-electron chi connectivity index (χ3n) is 2.46. The number of nitrogens with zero attached hydrogens (tertiary/aromatic N) is 5. The highest BCUT2D eigenvalue weighted by Crippen LogP contribution is 2.15. The standard InChI is InChI=1S/C11H15N5O/c1-4-5-16-9(7-17)13-8-6-12-11(15(2)3)14-10(8)16/h6-7H,4-5H2,1-3H3. The third-order valence-corrected chi connectivity index (χ3v) is 2.46. The van der Waals surface area contributed by atoms with Crippen molar-refractivity contribution < 1.29 is 4.79 Å². The van der Waals surface area contributed by atoms with E-state index in [2.05, 4.69) is 21.9 Å². The van der Waals surface area contributed by atoms with Crippen LogP contribution in [-0.4, -0.2) is 39.9 Å². The Hall–Kier alpha value is -1.98. The molecule has 0 aliphatic rings. The van der Waals surface area contributed by atoms with E-state index in [-0.39, 0.29) is 0 Å². The van der Waals surface area contributed by atoms with E-state index in [4.69, 9.17) is 0 Å². The molecule has 17 heavy (non-hydrogen) atoms. The van der Waals surface area contributed by atoms with Gasteiger partial charge in [-0.25, -0.2) is 9.97 Å². The van der Waals surface area contributed by atoms with Gasteiger partial charge < -0.3 is 9.47 Å². The van der Waals surface area contributed by atoms with Crippen molar-refractivity contribution in [2.24, 2.45) is 0 Å². The maximum Gasteiger partial charge on any atom is 0.226 e. The second-order valence-corrected chi connectivity index (χ2v) is 4.01. The van der Waals surface area contributed by atoms with Crippen LogP contribution in [0, 0.1) is 0 Å². The number of anilines is 1. The van der Waals surface area contributed by atoms with Crippen molar-refractivity contribution in [2.75, 3.05) is 19.0 Å². The minimum atomic E-state index is 0.409. The molecule has 0 amide bonds. The molecule has 0 aromatic carbocycles. The quantitative estimate of drug-likeness (QED) is 0.740. The van der Waals surface area contributed by atoms with Gasteiger partial charge in [0.25, 0.3) is 0 Å². The Morgan fingerprint density at radius 3 is 2.76 bits per heavy atom. The first-order chi connectivity index (χ1) is 8.17. The summed E-state index contributed by atoms with van der Waals surface area (Å²) in [6.07, 6.45) is 3.33. The van der Waals surface area contributed by atoms with Crippen molar-refractivity contribution in [3.05, 3.63) is 12.0 Å². The van der Waals surface area contributed by atoms with E-state index in [0.29, 0.717) is 22.9 Å². The van der Waals surface area contributed by atoms with Gasteiger partial charge in [-0.05, 0) is 6.42 Å². The molecule has 0 saturated heterocycles. The summed E-state index contributed by atoms with van der Waals surface area (Å²) in [6.45, 7) is 2.78. The van der Waals surface area contributed by atoms with Crippen molar-refractivity contribution in [1.82, 2.24) is 19.5 Å². The van der Waals surface area contributed by atoms with E-state index in [1.807, 2.05) is 23.6 Å². The van der Waals surface area contributed by atoms with Crippen molar-refractivity contribution in [3.8, 4) is 0 Å². The van der Waals surface area contributed by atoms with Crippen molar-refractivity contribution >= 4 is 23.4 Å². The summed E-state index contributed by atoms with van der Waals surface area (Å²) in [5.74, 6) is 1.03. The van der Waals surface area contributed by atoms with Crippen molar-refractivity contribution in [2.45, 2.75) is 19.9 Å². The van der Waals surface area contributed by atoms with Crippen LogP contribution in [0.3, 0.4) is 0 Å². The first-order valence-corrected chi connectivity index (χ1v) is 5.53. The van der Waals surface area contributed by atoms with Crippen LogP contribution in [0.4, 0.5) is 5.95 Å². The minimum absolute atomic E-state index is 0.409. The Bertz CT molecular complexity index is 546. The Balaban J connectivity index is 2.64. The highest BCUT2D eigenvalue weighted by atomic mass is 16.1. The molecule has 90 valence electrons. The zero-order valence-electron chi connectivity index (χ0n) is 10.2. The Kier molecular flexibility index (Phi) is 3.03. The summed E-state index contributed by atoms with van der Waals surface area (Å²) in [6, 6.07) is 0. The first kappa shape index (κ1) is 11.5. The largest absolute Gasteiger partial charge is 0.347 e. The lowest BCUT2D eigenvalue weighted by molar-refractivity contribution is 0.111. The Labute approximate surface area is 99.3 Å². The first-order valence-electron chi connectivity index (χ1n) is 5.53. The van der Waals surface area contributed by atoms with E-state index < -0.39 is 0 Å². The molecule has 2 heterocycles. The number of rotatable bonds is 4. The molecule has 2 aromatic heterocycles. The zero-order chi connectivity index (χ0) is 12.4. The number of carbonyl (C=O) groups is 1. The fourth-order valence-electron chi connectivity index (χ4n) is 1.68. The van der Waals surface area contributed by atoms with Gasteiger partial charge in [-0.2, -0.15) is 4.98 Å². The lowest BCUT2D eigenvalue weighted by Crippen LogP contribution is -2.13. The van der Waals surface area contributed by atoms with E-state index in [9.17, 15) is 4.79 Å². The van der Waals surface area contributed by atoms with Gasteiger partial charge in [0.15, 0.2) is 17.8 Å². The molecule has 0 unspecified atom stereocenters. The molecule has 0 spiro atoms. The molecule has 0 radical (unpaired) electrons. The topological polar surface area (TPSA) is 63.9 Å². The maximum atomic E-state index is 10.9. The monoisotopic (exact) mass is 233 g/mol. The van der Waals surface area contributed by atoms with Crippen LogP contribution in [0.5, 0.6) is 0 Å². The van der Waals surface area contributed by atoms with Crippen LogP contribution in [0.2, 0.25) is 0 Å². The van der Waals surface area contributed by atoms with Gasteiger partial charge >= 0.3 is 0 Å². The van der Waals surface area contributed by atoms with E-state index in [0.717, 1.165) is 19.3 Å². The fourth-order valence-corrected chi connectivity index (χ4v) is 1.68. The third kappa shape index (κ3) is 1.98. The minimum Gasteiger partial charge on any atom is -0.347 e. The second-order valence-electron chi connectivity index (χ2n) is 4.01. The molecule has 0 atom stereocenters. The van der Waals surface area contributed by atoms with Gasteiger partial charge in [0, 0.05) is 20.6 Å². The lowest BCUT2D eigenvalue weighted by atomic mass is 10.4. The molecule has 0 fully saturated rings. The molecule has 6 nitrogen and oxygen atoms in total. The van der Waals surface area contributed by atoms with Gasteiger partial charge in [-0.1, -0.05) is 6.92 Å². The van der Waals surface area contributed by atoms with Crippen molar-refractivity contribution in [3.63, 3.8) is 0 Å². The predicted molar refractivity (Wildman–Crippen MR) is 65.3 cm³/mol. The average Bonchev–Trinajstić information content (AvgIpc) is 2.67. The molecule has 0 N–H and O–H groups in total. The van der Waals surface area contributed by atoms with Gasteiger partial charge in [0.2, 0.25) is 5.95 Å². The van der Waals surface area contributed by atoms with Crippen LogP contribution >= 0.6 is 0 Å². The van der Waals surface area contributed by atoms with Crippen LogP contribution in [0.25, 0.3) is 11.2 Å². The molecule has 2 rings (SSSR count). The summed E-state index contributed by atoms with van der Waals surface area (Å²) < 4.78 is 1.83. The molecular weight excluding hydrogens is 218 g/mol. The fraction of sp³-hybridized carbons (Fsp3) is 0.455. The average molecular weight is 233 g/mol. The van der Waals surface area contributed by atoms with Gasteiger partial charge in [0.05, 0.1) is 6.20 Å². The highest BCUT2D eigenvalue weighted by molar-refractivity contribution is 5.80. The number of aryl methyl sites for hydroxylation is 1. The Morgan fingerprint density at radius 1 is 1.41 bits per heavy atom. The molecule has 0 bridgehead atoms. The summed E-state index contributed by atoms with van der Waals surface area (Å²) in [5.41, 5.74) is 1.37. The van der Waals surface area contributed by atoms with Gasteiger partial charge in [0.1, 0.15) is 5.52 Å².